The minimum atomic E-state index is -0.477. The molecule has 0 aliphatic rings. The summed E-state index contributed by atoms with van der Waals surface area (Å²) in [5.74, 6) is -0.964. The summed E-state index contributed by atoms with van der Waals surface area (Å²) in [4.78, 5) is 43.7. The first-order valence-corrected chi connectivity index (χ1v) is 13.6. The van der Waals surface area contributed by atoms with Gasteiger partial charge < -0.3 is 16.0 Å². The van der Waals surface area contributed by atoms with Crippen molar-refractivity contribution in [3.63, 3.8) is 0 Å². The Bertz CT molecular complexity index is 1520. The van der Waals surface area contributed by atoms with Crippen LogP contribution in [0.5, 0.6) is 0 Å². The highest BCUT2D eigenvalue weighted by Crippen LogP contribution is 2.26. The lowest BCUT2D eigenvalue weighted by molar-refractivity contribution is -0.115. The van der Waals surface area contributed by atoms with Gasteiger partial charge in [-0.1, -0.05) is 42.0 Å². The Kier molecular flexibility index (Phi) is 9.48. The van der Waals surface area contributed by atoms with Gasteiger partial charge in [0.2, 0.25) is 5.91 Å². The highest BCUT2D eigenvalue weighted by atomic mass is 32.2. The van der Waals surface area contributed by atoms with Crippen LogP contribution in [0.15, 0.2) is 108 Å². The third kappa shape index (κ3) is 7.91. The summed E-state index contributed by atoms with van der Waals surface area (Å²) in [5.41, 5.74) is 4.69. The largest absolute Gasteiger partial charge is 0.325 e. The molecule has 40 heavy (non-hydrogen) atoms. The molecular formula is C32H30N4O3S. The average Bonchev–Trinajstić information content (AvgIpc) is 2.96. The molecule has 3 N–H and O–H groups in total. The van der Waals surface area contributed by atoms with Gasteiger partial charge in [-0.2, -0.15) is 0 Å². The van der Waals surface area contributed by atoms with E-state index in [4.69, 9.17) is 0 Å². The molecule has 8 heteroatoms. The Hall–Kier alpha value is -4.69. The van der Waals surface area contributed by atoms with Crippen LogP contribution in [-0.2, 0) is 9.59 Å². The molecule has 0 saturated heterocycles. The lowest BCUT2D eigenvalue weighted by atomic mass is 10.1. The zero-order valence-corrected chi connectivity index (χ0v) is 23.3. The fourth-order valence-corrected chi connectivity index (χ4v) is 4.70. The molecule has 4 rings (SSSR count). The van der Waals surface area contributed by atoms with E-state index in [1.165, 1.54) is 11.8 Å². The summed E-state index contributed by atoms with van der Waals surface area (Å²) in [6.07, 6.45) is 4.81. The topological polar surface area (TPSA) is 100 Å². The number of carbonyl (C=O) groups is 3. The molecule has 0 aliphatic carbocycles. The Morgan fingerprint density at radius 1 is 0.875 bits per heavy atom. The maximum absolute atomic E-state index is 13.2. The summed E-state index contributed by atoms with van der Waals surface area (Å²) < 4.78 is 0. The van der Waals surface area contributed by atoms with Gasteiger partial charge in [0, 0.05) is 34.2 Å². The number of hydrogen-bond acceptors (Lipinski definition) is 5. The normalized spacial score (nSPS) is 11.8. The van der Waals surface area contributed by atoms with Crippen molar-refractivity contribution in [2.45, 2.75) is 30.9 Å². The molecule has 0 radical (unpaired) electrons. The molecule has 7 nitrogen and oxygen atoms in total. The second-order valence-corrected chi connectivity index (χ2v) is 10.6. The van der Waals surface area contributed by atoms with Gasteiger partial charge in [-0.05, 0) is 86.5 Å². The third-order valence-corrected chi connectivity index (χ3v) is 7.07. The predicted octanol–water partition coefficient (Wildman–Crippen LogP) is 6.23. The fourth-order valence-electron chi connectivity index (χ4n) is 3.83. The molecular weight excluding hydrogens is 520 g/mol. The van der Waals surface area contributed by atoms with E-state index in [-0.39, 0.29) is 16.9 Å². The number of aryl methyl sites for hydroxylation is 2. The minimum absolute atomic E-state index is 0.0806. The van der Waals surface area contributed by atoms with Crippen LogP contribution < -0.4 is 16.0 Å². The quantitative estimate of drug-likeness (QED) is 0.170. The number of amides is 3. The summed E-state index contributed by atoms with van der Waals surface area (Å²) in [6, 6.07) is 25.3. The molecule has 0 spiro atoms. The highest BCUT2D eigenvalue weighted by Gasteiger charge is 2.17. The van der Waals surface area contributed by atoms with Gasteiger partial charge in [0.1, 0.15) is 5.70 Å². The van der Waals surface area contributed by atoms with Crippen molar-refractivity contribution in [3.05, 3.63) is 125 Å². The lowest BCUT2D eigenvalue weighted by Crippen LogP contribution is -2.30. The van der Waals surface area contributed by atoms with Crippen LogP contribution in [0.2, 0.25) is 0 Å². The number of aromatic nitrogens is 1. The van der Waals surface area contributed by atoms with Crippen LogP contribution in [0, 0.1) is 13.8 Å². The van der Waals surface area contributed by atoms with Crippen LogP contribution in [0.3, 0.4) is 0 Å². The van der Waals surface area contributed by atoms with Gasteiger partial charge in [0.15, 0.2) is 0 Å². The number of nitrogens with zero attached hydrogens (tertiary/aromatic N) is 1. The van der Waals surface area contributed by atoms with E-state index >= 15 is 0 Å². The molecule has 202 valence electrons. The van der Waals surface area contributed by atoms with Crippen molar-refractivity contribution in [1.82, 2.24) is 10.3 Å². The van der Waals surface area contributed by atoms with Crippen molar-refractivity contribution >= 4 is 46.9 Å². The molecule has 0 aliphatic heterocycles. The summed E-state index contributed by atoms with van der Waals surface area (Å²) in [6.45, 7) is 5.84. The van der Waals surface area contributed by atoms with Crippen molar-refractivity contribution in [3.8, 4) is 0 Å². The van der Waals surface area contributed by atoms with Gasteiger partial charge in [-0.3, -0.25) is 19.4 Å². The molecule has 1 unspecified atom stereocenters. The molecule has 0 fully saturated rings. The van der Waals surface area contributed by atoms with Crippen LogP contribution in [0.1, 0.15) is 34.0 Å². The summed E-state index contributed by atoms with van der Waals surface area (Å²) >= 11 is 1.42. The number of hydrogen-bond donors (Lipinski definition) is 3. The zero-order valence-electron chi connectivity index (χ0n) is 22.5. The van der Waals surface area contributed by atoms with Crippen molar-refractivity contribution in [2.75, 3.05) is 10.6 Å². The number of rotatable bonds is 9. The molecule has 0 bridgehead atoms. The Balaban J connectivity index is 1.41. The van der Waals surface area contributed by atoms with Gasteiger partial charge >= 0.3 is 0 Å². The first kappa shape index (κ1) is 28.3. The minimum Gasteiger partial charge on any atom is -0.325 e. The second-order valence-electron chi connectivity index (χ2n) is 9.21. The SMILES string of the molecule is Cc1ccc(NC(=O)C(C)Sc2ccc(NC(=O)/C(=C/c3cccnc3)NC(=O)c3ccccc3)cc2)c(C)c1. The number of nitrogens with one attached hydrogen (secondary N) is 3. The number of thioether (sulfide) groups is 1. The number of carbonyl (C=O) groups excluding carboxylic acids is 3. The van der Waals surface area contributed by atoms with Gasteiger partial charge in [-0.15, -0.1) is 11.8 Å². The van der Waals surface area contributed by atoms with E-state index in [1.54, 1.807) is 67.0 Å². The maximum atomic E-state index is 13.2. The molecule has 4 aromatic rings. The van der Waals surface area contributed by atoms with Gasteiger partial charge in [0.25, 0.3) is 11.8 Å². The van der Waals surface area contributed by atoms with Crippen LogP contribution in [0.25, 0.3) is 6.08 Å². The monoisotopic (exact) mass is 550 g/mol. The lowest BCUT2D eigenvalue weighted by Gasteiger charge is -2.14. The Morgan fingerprint density at radius 3 is 2.30 bits per heavy atom. The predicted molar refractivity (Wildman–Crippen MR) is 161 cm³/mol. The Labute approximate surface area is 238 Å². The number of pyridine rings is 1. The Morgan fingerprint density at radius 2 is 1.62 bits per heavy atom. The third-order valence-electron chi connectivity index (χ3n) is 5.96. The van der Waals surface area contributed by atoms with E-state index in [1.807, 2.05) is 57.2 Å². The van der Waals surface area contributed by atoms with E-state index in [2.05, 4.69) is 20.9 Å². The summed E-state index contributed by atoms with van der Waals surface area (Å²) in [5, 5.41) is 8.21. The molecule has 1 heterocycles. The molecule has 0 saturated carbocycles. The second kappa shape index (κ2) is 13.4. The number of benzene rings is 3. The molecule has 1 atom stereocenters. The average molecular weight is 551 g/mol. The summed E-state index contributed by atoms with van der Waals surface area (Å²) in [7, 11) is 0. The first-order chi connectivity index (χ1) is 19.3. The van der Waals surface area contributed by atoms with E-state index in [0.29, 0.717) is 16.8 Å². The molecule has 1 aromatic heterocycles. The van der Waals surface area contributed by atoms with Crippen molar-refractivity contribution in [1.29, 1.82) is 0 Å². The fraction of sp³-hybridized carbons (Fsp3) is 0.125. The molecule has 3 amide bonds. The number of anilines is 2. The van der Waals surface area contributed by atoms with Crippen LogP contribution in [0.4, 0.5) is 11.4 Å². The standard InChI is InChI=1S/C32H30N4O3S/c1-21-11-16-28(22(2)18-21)35-30(37)23(3)40-27-14-12-26(13-15-27)34-32(39)29(19-24-8-7-17-33-20-24)36-31(38)25-9-5-4-6-10-25/h4-20,23H,1-3H3,(H,34,39)(H,35,37)(H,36,38)/b29-19-. The zero-order chi connectivity index (χ0) is 28.5. The van der Waals surface area contributed by atoms with E-state index in [9.17, 15) is 14.4 Å². The van der Waals surface area contributed by atoms with Crippen molar-refractivity contribution in [2.24, 2.45) is 0 Å². The van der Waals surface area contributed by atoms with Gasteiger partial charge in [-0.25, -0.2) is 0 Å². The molecule has 3 aromatic carbocycles. The maximum Gasteiger partial charge on any atom is 0.272 e. The van der Waals surface area contributed by atoms with E-state index in [0.717, 1.165) is 21.7 Å². The van der Waals surface area contributed by atoms with Crippen molar-refractivity contribution < 1.29 is 14.4 Å². The van der Waals surface area contributed by atoms with E-state index < -0.39 is 11.8 Å². The van der Waals surface area contributed by atoms with Crippen LogP contribution in [-0.4, -0.2) is 28.0 Å². The van der Waals surface area contributed by atoms with Crippen LogP contribution >= 0.6 is 11.8 Å². The smallest absolute Gasteiger partial charge is 0.272 e. The first-order valence-electron chi connectivity index (χ1n) is 12.7. The van der Waals surface area contributed by atoms with Gasteiger partial charge in [0.05, 0.1) is 5.25 Å². The highest BCUT2D eigenvalue weighted by molar-refractivity contribution is 8.00.